The van der Waals surface area contributed by atoms with Crippen LogP contribution in [0.4, 0.5) is 84.7 Å². The number of carbonyl (C=O) groups excluding carboxylic acids is 4. The zero-order valence-corrected chi connectivity index (χ0v) is 49.6. The number of alkyl halides is 18. The van der Waals surface area contributed by atoms with Crippen molar-refractivity contribution in [3.05, 3.63) is 230 Å². The lowest BCUT2D eigenvalue weighted by molar-refractivity contribution is -0.288. The zero-order chi connectivity index (χ0) is 70.9. The topological polar surface area (TPSA) is 153 Å². The molecule has 2 aliphatic rings. The number of nitrogens with zero attached hydrogens (tertiary/aromatic N) is 4. The molecule has 12 nitrogen and oxygen atoms in total. The summed E-state index contributed by atoms with van der Waals surface area (Å²) in [7, 11) is 0.924. The average molecular weight is 1370 g/mol. The highest BCUT2D eigenvalue weighted by molar-refractivity contribution is 6.34. The van der Waals surface area contributed by atoms with Gasteiger partial charge >= 0.3 is 37.1 Å². The van der Waals surface area contributed by atoms with Crippen molar-refractivity contribution in [1.29, 1.82) is 0 Å². The molecule has 0 spiro atoms. The first kappa shape index (κ1) is 68.2. The van der Waals surface area contributed by atoms with Crippen molar-refractivity contribution in [3.63, 3.8) is 0 Å². The van der Waals surface area contributed by atoms with E-state index in [-0.39, 0.29) is 76.9 Å². The minimum absolute atomic E-state index is 0.0135. The maximum absolute atomic E-state index is 15.2. The molecule has 0 fully saturated rings. The van der Waals surface area contributed by atoms with Crippen molar-refractivity contribution in [2.24, 2.45) is 0 Å². The lowest BCUT2D eigenvalue weighted by atomic mass is 9.71. The van der Waals surface area contributed by atoms with Crippen LogP contribution in [-0.4, -0.2) is 57.1 Å². The summed E-state index contributed by atoms with van der Waals surface area (Å²) in [5.74, 6) is -5.54. The standard InChI is InChI=1S/C67H42F18N4O8/c1-31-10-16-37(49(23-31)62(68,69)70)39-20-15-36(28-51(39)64(74,75)76)89-59(96)47-29-45-46(30-48(47)60(89)97)56(93)87(55(45)92)22-8-6-4-3-5-7-9-32-11-17-38(50(24-32)63(71,72)73)40-21-14-35(27-52(40)65(77,78)79)88-57(94)42-19-13-34(26-44(42)58(88)95)61(66(80,81)82,67(83,84)85)33-12-18-41-43(25-33)54(91)86(2)53(41)90/h10-21,23-30H,3-9,22H2,1-2H3. The summed E-state index contributed by atoms with van der Waals surface area (Å²) >= 11 is 0. The van der Waals surface area contributed by atoms with Gasteiger partial charge in [-0.1, -0.05) is 79.8 Å². The van der Waals surface area contributed by atoms with E-state index in [1.165, 1.54) is 13.0 Å². The van der Waals surface area contributed by atoms with Gasteiger partial charge < -0.3 is 0 Å². The number of aromatic nitrogens is 2. The molecule has 4 heterocycles. The van der Waals surface area contributed by atoms with Crippen molar-refractivity contribution in [2.45, 2.75) is 101 Å². The molecule has 0 aliphatic carbocycles. The first-order valence-corrected chi connectivity index (χ1v) is 29.0. The molecule has 97 heavy (non-hydrogen) atoms. The van der Waals surface area contributed by atoms with Crippen molar-refractivity contribution in [1.82, 2.24) is 14.0 Å². The molecular formula is C67H42F18N4O8. The maximum Gasteiger partial charge on any atom is 0.417 e. The number of fused-ring (bicyclic) bond motifs is 4. The third kappa shape index (κ3) is 11.5. The van der Waals surface area contributed by atoms with Gasteiger partial charge in [-0.25, -0.2) is 9.47 Å². The number of benzene rings is 7. The Kier molecular flexibility index (Phi) is 16.6. The summed E-state index contributed by atoms with van der Waals surface area (Å²) < 4.78 is 268. The second kappa shape index (κ2) is 23.6. The highest BCUT2D eigenvalue weighted by atomic mass is 19.4. The van der Waals surface area contributed by atoms with Gasteiger partial charge in [-0.15, -0.1) is 0 Å². The molecule has 0 unspecified atom stereocenters. The molecule has 2 aliphatic heterocycles. The Morgan fingerprint density at radius 2 is 0.711 bits per heavy atom. The second-order valence-corrected chi connectivity index (χ2v) is 23.3. The number of rotatable bonds is 15. The highest BCUT2D eigenvalue weighted by Crippen LogP contribution is 2.57. The van der Waals surface area contributed by atoms with Crippen LogP contribution in [0.15, 0.2) is 141 Å². The van der Waals surface area contributed by atoms with Gasteiger partial charge in [0.25, 0.3) is 45.9 Å². The van der Waals surface area contributed by atoms with Gasteiger partial charge in [-0.2, -0.15) is 79.0 Å². The van der Waals surface area contributed by atoms with E-state index in [0.717, 1.165) is 48.0 Å². The molecule has 504 valence electrons. The van der Waals surface area contributed by atoms with Crippen LogP contribution >= 0.6 is 0 Å². The lowest BCUT2D eigenvalue weighted by Gasteiger charge is -2.38. The summed E-state index contributed by atoms with van der Waals surface area (Å²) in [6.45, 7) is 1.14. The lowest BCUT2D eigenvalue weighted by Crippen LogP contribution is -2.55. The Bertz CT molecular complexity index is 4950. The molecule has 2 aromatic heterocycles. The second-order valence-electron chi connectivity index (χ2n) is 23.3. The van der Waals surface area contributed by atoms with E-state index >= 15 is 26.3 Å². The Hall–Kier alpha value is -10.2. The molecule has 4 amide bonds. The van der Waals surface area contributed by atoms with Crippen LogP contribution in [0.3, 0.4) is 0 Å². The predicted molar refractivity (Wildman–Crippen MR) is 313 cm³/mol. The number of unbranched alkanes of at least 4 members (excludes halogenated alkanes) is 5. The van der Waals surface area contributed by atoms with E-state index in [9.17, 15) is 91.0 Å². The van der Waals surface area contributed by atoms with E-state index in [0.29, 0.717) is 89.7 Å². The third-order valence-electron chi connectivity index (χ3n) is 17.3. The van der Waals surface area contributed by atoms with Gasteiger partial charge in [0.2, 0.25) is 5.41 Å². The average Bonchev–Trinajstić information content (AvgIpc) is 1.62. The number of anilines is 1. The Morgan fingerprint density at radius 3 is 1.21 bits per heavy atom. The Morgan fingerprint density at radius 1 is 0.340 bits per heavy atom. The fourth-order valence-electron chi connectivity index (χ4n) is 12.7. The predicted octanol–water partition coefficient (Wildman–Crippen LogP) is 15.6. The van der Waals surface area contributed by atoms with Crippen LogP contribution in [0.5, 0.6) is 0 Å². The normalized spacial score (nSPS) is 14.3. The van der Waals surface area contributed by atoms with Gasteiger partial charge in [0, 0.05) is 13.6 Å². The summed E-state index contributed by atoms with van der Waals surface area (Å²) in [6, 6.07) is 11.9. The van der Waals surface area contributed by atoms with Crippen molar-refractivity contribution in [2.75, 3.05) is 11.9 Å². The molecule has 30 heteroatoms. The molecule has 0 radical (unpaired) electrons. The van der Waals surface area contributed by atoms with Crippen LogP contribution in [-0.2, 0) is 43.1 Å². The van der Waals surface area contributed by atoms with Gasteiger partial charge in [-0.05, 0) is 138 Å². The number of halogens is 18. The Balaban J connectivity index is 0.758. The van der Waals surface area contributed by atoms with Crippen molar-refractivity contribution >= 4 is 50.9 Å². The molecule has 0 bridgehead atoms. The highest BCUT2D eigenvalue weighted by Gasteiger charge is 2.73. The first-order chi connectivity index (χ1) is 45.1. The number of carbonyl (C=O) groups is 4. The van der Waals surface area contributed by atoms with E-state index in [1.54, 1.807) is 0 Å². The molecule has 7 aromatic carbocycles. The zero-order valence-electron chi connectivity index (χ0n) is 49.6. The van der Waals surface area contributed by atoms with Crippen LogP contribution in [0.25, 0.3) is 49.5 Å². The molecule has 0 atom stereocenters. The van der Waals surface area contributed by atoms with E-state index in [4.69, 9.17) is 0 Å². The van der Waals surface area contributed by atoms with Gasteiger partial charge in [0.1, 0.15) is 0 Å². The minimum Gasteiger partial charge on any atom is -0.277 e. The SMILES string of the molecule is Cc1ccc(-c2ccc(-n3c(=O)c4cc5c(=O)n(CCCCCCCCc6ccc(-c7ccc(N8C(=O)c9ccc(C(c%10ccc%11c(c%10)C(=O)N(C)C%11=O)(C(F)(F)F)C(F)(F)F)cc9C8=O)cc7C(F)(F)F)c(C(F)(F)F)c6)c(=O)c5cc4c3=O)cc2C(F)(F)F)c(C(F)(F)F)c1. The van der Waals surface area contributed by atoms with Crippen LogP contribution in [0, 0.1) is 6.92 Å². The number of imide groups is 2. The van der Waals surface area contributed by atoms with Crippen LogP contribution < -0.4 is 27.1 Å². The number of hydrogen-bond acceptors (Lipinski definition) is 8. The monoisotopic (exact) mass is 1370 g/mol. The summed E-state index contributed by atoms with van der Waals surface area (Å²) in [4.78, 5) is 108. The molecule has 0 N–H and O–H groups in total. The quantitative estimate of drug-likeness (QED) is 0.0559. The summed E-state index contributed by atoms with van der Waals surface area (Å²) in [5, 5.41) is -1.50. The van der Waals surface area contributed by atoms with E-state index < -0.39 is 188 Å². The van der Waals surface area contributed by atoms with Gasteiger partial charge in [0.15, 0.2) is 0 Å². The molecule has 0 saturated carbocycles. The van der Waals surface area contributed by atoms with Crippen LogP contribution in [0.1, 0.15) is 124 Å². The fraction of sp³-hybridized carbons (Fsp3) is 0.254. The van der Waals surface area contributed by atoms with E-state index in [2.05, 4.69) is 0 Å². The van der Waals surface area contributed by atoms with Gasteiger partial charge in [0.05, 0.1) is 77.4 Å². The third-order valence-corrected chi connectivity index (χ3v) is 17.3. The number of aryl methyl sites for hydroxylation is 2. The van der Waals surface area contributed by atoms with E-state index in [1.807, 2.05) is 0 Å². The first-order valence-electron chi connectivity index (χ1n) is 29.0. The van der Waals surface area contributed by atoms with Crippen molar-refractivity contribution < 1.29 is 98.2 Å². The summed E-state index contributed by atoms with van der Waals surface area (Å²) in [5.41, 5.74) is -27.7. The Labute approximate surface area is 531 Å². The largest absolute Gasteiger partial charge is 0.417 e. The smallest absolute Gasteiger partial charge is 0.277 e. The minimum atomic E-state index is -6.34. The van der Waals surface area contributed by atoms with Gasteiger partial charge in [-0.3, -0.25) is 47.8 Å². The molecule has 9 aromatic rings. The molecule has 11 rings (SSSR count). The number of hydrogen-bond donors (Lipinski definition) is 0. The maximum atomic E-state index is 15.2. The molecular weight excluding hydrogens is 1330 g/mol. The molecule has 0 saturated heterocycles. The van der Waals surface area contributed by atoms with Crippen molar-refractivity contribution in [3.8, 4) is 27.9 Å². The van der Waals surface area contributed by atoms with Crippen LogP contribution in [0.2, 0.25) is 0 Å². The summed E-state index contributed by atoms with van der Waals surface area (Å²) in [6.07, 6.45) is -31.8. The fourth-order valence-corrected chi connectivity index (χ4v) is 12.7. The number of amides is 4.